The quantitative estimate of drug-likeness (QED) is 0.201. The average molecular weight is 715 g/mol. The van der Waals surface area contributed by atoms with Gasteiger partial charge in [0, 0.05) is 25.7 Å². The van der Waals surface area contributed by atoms with Crippen LogP contribution >= 0.6 is 0 Å². The summed E-state index contributed by atoms with van der Waals surface area (Å²) in [5, 5.41) is 8.59. The van der Waals surface area contributed by atoms with E-state index < -0.39 is 69.1 Å². The van der Waals surface area contributed by atoms with Gasteiger partial charge in [0.05, 0.1) is 4.90 Å². The highest BCUT2D eigenvalue weighted by Crippen LogP contribution is 2.65. The number of urea groups is 1. The summed E-state index contributed by atoms with van der Waals surface area (Å²) in [6.07, 6.45) is 3.28. The number of primary amides is 1. The molecular weight excluding hydrogens is 660 g/mol. The fourth-order valence-corrected chi connectivity index (χ4v) is 8.99. The number of benzene rings is 1. The van der Waals surface area contributed by atoms with Gasteiger partial charge in [0.15, 0.2) is 0 Å². The van der Waals surface area contributed by atoms with Crippen molar-refractivity contribution in [2.24, 2.45) is 46.2 Å². The van der Waals surface area contributed by atoms with E-state index in [-0.39, 0.29) is 46.4 Å². The molecule has 1 heterocycles. The molecule has 0 aromatic heterocycles. The van der Waals surface area contributed by atoms with E-state index in [0.717, 1.165) is 12.8 Å². The van der Waals surface area contributed by atoms with Crippen LogP contribution in [0.3, 0.4) is 0 Å². The first-order valence-corrected chi connectivity index (χ1v) is 19.3. The lowest BCUT2D eigenvalue weighted by molar-refractivity contribution is -0.145. The molecule has 276 valence electrons. The van der Waals surface area contributed by atoms with Crippen molar-refractivity contribution >= 4 is 39.6 Å². The van der Waals surface area contributed by atoms with Gasteiger partial charge < -0.3 is 26.6 Å². The summed E-state index contributed by atoms with van der Waals surface area (Å²) in [6, 6.07) is 4.13. The molecule has 5 amide bonds. The molecule has 50 heavy (non-hydrogen) atoms. The van der Waals surface area contributed by atoms with Crippen LogP contribution in [-0.2, 0) is 29.2 Å². The maximum absolute atomic E-state index is 14.4. The van der Waals surface area contributed by atoms with Crippen molar-refractivity contribution in [1.29, 1.82) is 0 Å². The Morgan fingerprint density at radius 1 is 0.980 bits per heavy atom. The van der Waals surface area contributed by atoms with Crippen molar-refractivity contribution in [3.8, 4) is 0 Å². The average Bonchev–Trinajstić information content (AvgIpc) is 3.99. The van der Waals surface area contributed by atoms with Gasteiger partial charge in [0.1, 0.15) is 18.1 Å². The molecule has 4 fully saturated rings. The number of amides is 5. The molecule has 1 saturated heterocycles. The zero-order valence-corrected chi connectivity index (χ0v) is 31.1. The predicted molar refractivity (Wildman–Crippen MR) is 187 cm³/mol. The maximum atomic E-state index is 14.4. The third kappa shape index (κ3) is 8.01. The van der Waals surface area contributed by atoms with E-state index in [2.05, 4.69) is 16.0 Å². The number of rotatable bonds is 15. The van der Waals surface area contributed by atoms with Crippen molar-refractivity contribution in [2.75, 3.05) is 19.6 Å². The van der Waals surface area contributed by atoms with Crippen LogP contribution in [0.2, 0.25) is 0 Å². The first-order valence-electron chi connectivity index (χ1n) is 17.8. The number of piperidine rings is 1. The molecule has 3 aliphatic carbocycles. The SMILES string of the molecule is CC(C)[C@@H](CN(CC1CC1)S(=O)(=O)c1ccccc1)NC(=O)N[C@H](C(=O)N1C[C@H]2[C@@H]([C@H]1C(=O)NC(C(=O)C(N)=O)C1CC1)C2(C)C)C(C)(C)C. The number of hydrogen-bond donors (Lipinski definition) is 4. The third-order valence-electron chi connectivity index (χ3n) is 11.1. The summed E-state index contributed by atoms with van der Waals surface area (Å²) < 4.78 is 28.9. The molecule has 1 aromatic rings. The first kappa shape index (κ1) is 37.7. The minimum atomic E-state index is -3.82. The summed E-state index contributed by atoms with van der Waals surface area (Å²) in [5.74, 6) is -3.02. The van der Waals surface area contributed by atoms with Crippen LogP contribution in [0.15, 0.2) is 35.2 Å². The fraction of sp³-hybridized carbons (Fsp3) is 0.694. The summed E-state index contributed by atoms with van der Waals surface area (Å²) in [4.78, 5) is 68.0. The van der Waals surface area contributed by atoms with Gasteiger partial charge in [-0.25, -0.2) is 13.2 Å². The topological polar surface area (TPSA) is 188 Å². The number of sulfonamides is 1. The van der Waals surface area contributed by atoms with E-state index in [4.69, 9.17) is 5.73 Å². The lowest BCUT2D eigenvalue weighted by Gasteiger charge is -2.38. The summed E-state index contributed by atoms with van der Waals surface area (Å²) in [6.45, 7) is 14.1. The lowest BCUT2D eigenvalue weighted by atomic mass is 9.85. The number of nitrogens with one attached hydrogen (secondary N) is 3. The van der Waals surface area contributed by atoms with E-state index in [1.807, 2.05) is 48.5 Å². The normalized spacial score (nSPS) is 24.6. The van der Waals surface area contributed by atoms with Gasteiger partial charge in [0.25, 0.3) is 5.91 Å². The highest BCUT2D eigenvalue weighted by Gasteiger charge is 2.70. The largest absolute Gasteiger partial charge is 0.363 e. The van der Waals surface area contributed by atoms with Crippen LogP contribution in [0.4, 0.5) is 4.79 Å². The second kappa shape index (κ2) is 13.9. The molecule has 5 N–H and O–H groups in total. The van der Waals surface area contributed by atoms with Crippen molar-refractivity contribution in [3.63, 3.8) is 0 Å². The highest BCUT2D eigenvalue weighted by atomic mass is 32.2. The number of Topliss-reactive ketones (excluding diaryl/α,β-unsaturated/α-hetero) is 1. The van der Waals surface area contributed by atoms with Crippen LogP contribution in [-0.4, -0.2) is 91.0 Å². The number of carbonyl (C=O) groups excluding carboxylic acids is 5. The van der Waals surface area contributed by atoms with Gasteiger partial charge in [0.2, 0.25) is 27.6 Å². The Labute approximate surface area is 295 Å². The smallest absolute Gasteiger partial charge is 0.315 e. The number of nitrogens with two attached hydrogens (primary N) is 1. The van der Waals surface area contributed by atoms with Crippen molar-refractivity contribution < 1.29 is 32.4 Å². The number of carbonyl (C=O) groups is 5. The van der Waals surface area contributed by atoms with Gasteiger partial charge in [-0.3, -0.25) is 19.2 Å². The van der Waals surface area contributed by atoms with Gasteiger partial charge in [-0.05, 0) is 78.2 Å². The Morgan fingerprint density at radius 2 is 1.60 bits per heavy atom. The van der Waals surface area contributed by atoms with Crippen LogP contribution in [0, 0.1) is 40.4 Å². The Bertz CT molecular complexity index is 1600. The number of ketones is 1. The molecule has 0 radical (unpaired) electrons. The van der Waals surface area contributed by atoms with E-state index >= 15 is 0 Å². The predicted octanol–water partition coefficient (Wildman–Crippen LogP) is 2.26. The molecular formula is C36H54N6O7S. The second-order valence-electron chi connectivity index (χ2n) is 16.8. The minimum absolute atomic E-state index is 0.0530. The number of fused-ring (bicyclic) bond motifs is 1. The van der Waals surface area contributed by atoms with Crippen LogP contribution in [0.25, 0.3) is 0 Å². The molecule has 0 spiro atoms. The van der Waals surface area contributed by atoms with Crippen LogP contribution in [0.1, 0.15) is 74.1 Å². The standard InChI is InChI=1S/C36H54N6O7S/c1-20(2)25(19-41(17-21-13-14-21)50(48,49)23-11-9-8-10-12-23)38-34(47)40-30(35(3,4)5)33(46)42-18-24-26(36(24,6)7)28(42)32(45)39-27(22-15-16-22)29(43)31(37)44/h8-12,20-22,24-28,30H,13-19H2,1-7H3,(H2,37,44)(H,39,45)(H2,38,40,47)/t24-,25+,26-,27?,28-,30+/m0/s1. The number of nitrogens with zero attached hydrogens (tertiary/aromatic N) is 2. The Morgan fingerprint density at radius 3 is 2.12 bits per heavy atom. The molecule has 3 saturated carbocycles. The Balaban J connectivity index is 1.32. The van der Waals surface area contributed by atoms with E-state index in [0.29, 0.717) is 25.9 Å². The molecule has 1 unspecified atom stereocenters. The maximum Gasteiger partial charge on any atom is 0.315 e. The molecule has 13 nitrogen and oxygen atoms in total. The number of likely N-dealkylation sites (tertiary alicyclic amines) is 1. The molecule has 6 atom stereocenters. The minimum Gasteiger partial charge on any atom is -0.363 e. The van der Waals surface area contributed by atoms with Crippen molar-refractivity contribution in [1.82, 2.24) is 25.2 Å². The number of hydrogen-bond acceptors (Lipinski definition) is 7. The van der Waals surface area contributed by atoms with Crippen LogP contribution in [0.5, 0.6) is 0 Å². The Hall–Kier alpha value is -3.52. The third-order valence-corrected chi connectivity index (χ3v) is 13.0. The monoisotopic (exact) mass is 714 g/mol. The van der Waals surface area contributed by atoms with Gasteiger partial charge >= 0.3 is 6.03 Å². The zero-order valence-electron chi connectivity index (χ0n) is 30.3. The van der Waals surface area contributed by atoms with Gasteiger partial charge in [-0.1, -0.05) is 66.7 Å². The van der Waals surface area contributed by atoms with E-state index in [9.17, 15) is 32.4 Å². The highest BCUT2D eigenvalue weighted by molar-refractivity contribution is 7.89. The van der Waals surface area contributed by atoms with Gasteiger partial charge in [-0.2, -0.15) is 4.31 Å². The molecule has 1 aromatic carbocycles. The molecule has 0 bridgehead atoms. The van der Waals surface area contributed by atoms with Crippen molar-refractivity contribution in [2.45, 2.75) is 103 Å². The van der Waals surface area contributed by atoms with Crippen molar-refractivity contribution in [3.05, 3.63) is 30.3 Å². The molecule has 5 rings (SSSR count). The molecule has 1 aliphatic heterocycles. The molecule has 14 heteroatoms. The van der Waals surface area contributed by atoms with E-state index in [1.54, 1.807) is 30.3 Å². The van der Waals surface area contributed by atoms with Crippen LogP contribution < -0.4 is 21.7 Å². The second-order valence-corrected chi connectivity index (χ2v) is 18.7. The first-order chi connectivity index (χ1) is 23.2. The summed E-state index contributed by atoms with van der Waals surface area (Å²) in [5.41, 5.74) is 4.31. The summed E-state index contributed by atoms with van der Waals surface area (Å²) in [7, 11) is -3.82. The zero-order chi connectivity index (χ0) is 36.9. The fourth-order valence-electron chi connectivity index (χ4n) is 7.43. The van der Waals surface area contributed by atoms with E-state index in [1.165, 1.54) is 9.21 Å². The lowest BCUT2D eigenvalue weighted by Crippen LogP contribution is -2.62. The van der Waals surface area contributed by atoms with Gasteiger partial charge in [-0.15, -0.1) is 0 Å². The summed E-state index contributed by atoms with van der Waals surface area (Å²) >= 11 is 0. The molecule has 4 aliphatic rings. The Kier molecular flexibility index (Phi) is 10.5.